The molecule has 0 aliphatic carbocycles. The molecule has 1 atom stereocenters. The Labute approximate surface area is 122 Å². The Morgan fingerprint density at radius 3 is 2.81 bits per heavy atom. The number of nitrogens with one attached hydrogen (secondary N) is 1. The molecule has 0 aliphatic heterocycles. The van der Waals surface area contributed by atoms with Gasteiger partial charge in [-0.05, 0) is 41.1 Å². The molecule has 1 aromatic heterocycles. The Bertz CT molecular complexity index is 781. The van der Waals surface area contributed by atoms with E-state index < -0.39 is 0 Å². The summed E-state index contributed by atoms with van der Waals surface area (Å²) in [6.45, 7) is 1.74. The van der Waals surface area contributed by atoms with Gasteiger partial charge in [0.25, 0.3) is 0 Å². The largest absolute Gasteiger partial charge is 0.271 e. The van der Waals surface area contributed by atoms with Crippen LogP contribution in [0.1, 0.15) is 22.7 Å². The van der Waals surface area contributed by atoms with Crippen molar-refractivity contribution >= 4 is 10.8 Å². The Kier molecular flexibility index (Phi) is 3.64. The standard InChI is InChI=1S/C17H16FN3/c1-11-5-6-13(9-16(11)18)17(21-19)14-4-2-3-12-7-8-20-10-15(12)14/h2-10,17,21H,19H2,1H3. The first-order valence-electron chi connectivity index (χ1n) is 6.75. The summed E-state index contributed by atoms with van der Waals surface area (Å²) in [4.78, 5) is 4.17. The van der Waals surface area contributed by atoms with Crippen LogP contribution in [0.25, 0.3) is 10.8 Å². The minimum Gasteiger partial charge on any atom is -0.271 e. The van der Waals surface area contributed by atoms with Gasteiger partial charge < -0.3 is 0 Å². The molecule has 0 saturated heterocycles. The minimum absolute atomic E-state index is 0.230. The summed E-state index contributed by atoms with van der Waals surface area (Å²) in [6, 6.07) is 12.8. The first-order chi connectivity index (χ1) is 10.2. The number of nitrogens with zero attached hydrogens (tertiary/aromatic N) is 1. The van der Waals surface area contributed by atoms with Crippen molar-refractivity contribution in [3.05, 3.63) is 77.4 Å². The lowest BCUT2D eigenvalue weighted by Crippen LogP contribution is -2.29. The molecular weight excluding hydrogens is 265 g/mol. The summed E-state index contributed by atoms with van der Waals surface area (Å²) >= 11 is 0. The van der Waals surface area contributed by atoms with Crippen molar-refractivity contribution in [2.24, 2.45) is 5.84 Å². The zero-order valence-electron chi connectivity index (χ0n) is 11.7. The van der Waals surface area contributed by atoms with Crippen molar-refractivity contribution in [3.63, 3.8) is 0 Å². The van der Waals surface area contributed by atoms with Crippen LogP contribution in [0.3, 0.4) is 0 Å². The van der Waals surface area contributed by atoms with Crippen LogP contribution in [0.2, 0.25) is 0 Å². The third kappa shape index (κ3) is 2.51. The molecule has 1 unspecified atom stereocenters. The van der Waals surface area contributed by atoms with Gasteiger partial charge in [0.15, 0.2) is 0 Å². The van der Waals surface area contributed by atoms with Crippen molar-refractivity contribution in [1.82, 2.24) is 10.4 Å². The maximum atomic E-state index is 13.8. The van der Waals surface area contributed by atoms with Gasteiger partial charge in [0.1, 0.15) is 5.82 Å². The number of halogens is 1. The fourth-order valence-corrected chi connectivity index (χ4v) is 2.54. The van der Waals surface area contributed by atoms with E-state index in [2.05, 4.69) is 10.4 Å². The lowest BCUT2D eigenvalue weighted by molar-refractivity contribution is 0.600. The maximum absolute atomic E-state index is 13.8. The molecule has 3 rings (SSSR count). The van der Waals surface area contributed by atoms with Crippen LogP contribution < -0.4 is 11.3 Å². The quantitative estimate of drug-likeness (QED) is 0.572. The predicted molar refractivity (Wildman–Crippen MR) is 82.0 cm³/mol. The van der Waals surface area contributed by atoms with E-state index in [-0.39, 0.29) is 11.9 Å². The van der Waals surface area contributed by atoms with Gasteiger partial charge in [-0.1, -0.05) is 30.3 Å². The summed E-state index contributed by atoms with van der Waals surface area (Å²) in [7, 11) is 0. The van der Waals surface area contributed by atoms with Crippen LogP contribution in [0.4, 0.5) is 4.39 Å². The van der Waals surface area contributed by atoms with Crippen molar-refractivity contribution in [2.75, 3.05) is 0 Å². The van der Waals surface area contributed by atoms with Crippen molar-refractivity contribution in [3.8, 4) is 0 Å². The summed E-state index contributed by atoms with van der Waals surface area (Å²) in [5.74, 6) is 5.49. The van der Waals surface area contributed by atoms with E-state index in [9.17, 15) is 4.39 Å². The molecular formula is C17H16FN3. The van der Waals surface area contributed by atoms with Gasteiger partial charge >= 0.3 is 0 Å². The van der Waals surface area contributed by atoms with Gasteiger partial charge in [0.05, 0.1) is 6.04 Å². The van der Waals surface area contributed by atoms with Gasteiger partial charge in [0, 0.05) is 17.8 Å². The van der Waals surface area contributed by atoms with Crippen LogP contribution in [0, 0.1) is 12.7 Å². The molecule has 0 saturated carbocycles. The molecule has 0 aliphatic rings. The molecule has 0 bridgehead atoms. The average molecular weight is 281 g/mol. The number of benzene rings is 2. The molecule has 21 heavy (non-hydrogen) atoms. The van der Waals surface area contributed by atoms with Gasteiger partial charge in [-0.3, -0.25) is 10.8 Å². The number of aromatic nitrogens is 1. The smallest absolute Gasteiger partial charge is 0.126 e. The van der Waals surface area contributed by atoms with E-state index in [1.165, 1.54) is 6.07 Å². The fraction of sp³-hybridized carbons (Fsp3) is 0.118. The van der Waals surface area contributed by atoms with E-state index in [0.717, 1.165) is 21.9 Å². The normalized spacial score (nSPS) is 12.5. The summed E-state index contributed by atoms with van der Waals surface area (Å²) in [6.07, 6.45) is 3.56. The van der Waals surface area contributed by atoms with Crippen LogP contribution in [-0.2, 0) is 0 Å². The second-order valence-electron chi connectivity index (χ2n) is 5.05. The lowest BCUT2D eigenvalue weighted by atomic mass is 9.94. The van der Waals surface area contributed by atoms with E-state index >= 15 is 0 Å². The molecule has 4 heteroatoms. The fourth-order valence-electron chi connectivity index (χ4n) is 2.54. The Hall–Kier alpha value is -2.30. The summed E-state index contributed by atoms with van der Waals surface area (Å²) in [5, 5.41) is 2.08. The molecule has 1 heterocycles. The monoisotopic (exact) mass is 281 g/mol. The molecule has 3 aromatic rings. The number of rotatable bonds is 3. The number of hydrogen-bond donors (Lipinski definition) is 2. The topological polar surface area (TPSA) is 50.9 Å². The predicted octanol–water partition coefficient (Wildman–Crippen LogP) is 3.24. The highest BCUT2D eigenvalue weighted by molar-refractivity contribution is 5.85. The summed E-state index contributed by atoms with van der Waals surface area (Å²) < 4.78 is 13.8. The molecule has 3 N–H and O–H groups in total. The molecule has 0 fully saturated rings. The van der Waals surface area contributed by atoms with Gasteiger partial charge in [-0.2, -0.15) is 0 Å². The highest BCUT2D eigenvalue weighted by Crippen LogP contribution is 2.28. The third-order valence-corrected chi connectivity index (χ3v) is 3.72. The van der Waals surface area contributed by atoms with Crippen molar-refractivity contribution in [1.29, 1.82) is 0 Å². The van der Waals surface area contributed by atoms with Crippen molar-refractivity contribution in [2.45, 2.75) is 13.0 Å². The molecule has 0 spiro atoms. The summed E-state index contributed by atoms with van der Waals surface area (Å²) in [5.41, 5.74) is 5.17. The third-order valence-electron chi connectivity index (χ3n) is 3.72. The van der Waals surface area contributed by atoms with Crippen molar-refractivity contribution < 1.29 is 4.39 Å². The SMILES string of the molecule is Cc1ccc(C(NN)c2cccc3ccncc23)cc1F. The molecule has 3 nitrogen and oxygen atoms in total. The van der Waals surface area contributed by atoms with Crippen LogP contribution in [0.5, 0.6) is 0 Å². The molecule has 0 amide bonds. The van der Waals surface area contributed by atoms with Gasteiger partial charge in [0.2, 0.25) is 0 Å². The van der Waals surface area contributed by atoms with E-state index in [1.807, 2.05) is 30.3 Å². The molecule has 0 radical (unpaired) electrons. The van der Waals surface area contributed by atoms with Crippen LogP contribution >= 0.6 is 0 Å². The second-order valence-corrected chi connectivity index (χ2v) is 5.05. The number of hydrogen-bond acceptors (Lipinski definition) is 3. The Balaban J connectivity index is 2.16. The molecule has 2 aromatic carbocycles. The number of nitrogens with two attached hydrogens (primary N) is 1. The first-order valence-corrected chi connectivity index (χ1v) is 6.75. The number of pyridine rings is 1. The van der Waals surface area contributed by atoms with E-state index in [4.69, 9.17) is 5.84 Å². The van der Waals surface area contributed by atoms with Crippen LogP contribution in [-0.4, -0.2) is 4.98 Å². The first kappa shape index (κ1) is 13.7. The van der Waals surface area contributed by atoms with Gasteiger partial charge in [-0.25, -0.2) is 9.82 Å². The zero-order valence-corrected chi connectivity index (χ0v) is 11.7. The highest BCUT2D eigenvalue weighted by Gasteiger charge is 2.16. The Morgan fingerprint density at radius 1 is 1.19 bits per heavy atom. The average Bonchev–Trinajstić information content (AvgIpc) is 2.52. The zero-order chi connectivity index (χ0) is 14.8. The Morgan fingerprint density at radius 2 is 2.05 bits per heavy atom. The number of aryl methyl sites for hydroxylation is 1. The molecule has 106 valence electrons. The van der Waals surface area contributed by atoms with E-state index in [1.54, 1.807) is 25.4 Å². The minimum atomic E-state index is -0.284. The number of hydrazine groups is 1. The van der Waals surface area contributed by atoms with E-state index in [0.29, 0.717) is 5.56 Å². The maximum Gasteiger partial charge on any atom is 0.126 e. The van der Waals surface area contributed by atoms with Gasteiger partial charge in [-0.15, -0.1) is 0 Å². The number of fused-ring (bicyclic) bond motifs is 1. The lowest BCUT2D eigenvalue weighted by Gasteiger charge is -2.19. The highest BCUT2D eigenvalue weighted by atomic mass is 19.1. The van der Waals surface area contributed by atoms with Crippen LogP contribution in [0.15, 0.2) is 54.9 Å². The second kappa shape index (κ2) is 5.60.